The molecule has 2 N–H and O–H groups in total. The Labute approximate surface area is 156 Å². The number of fused-ring (bicyclic) bond motifs is 1. The molecule has 1 heterocycles. The maximum absolute atomic E-state index is 12.4. The van der Waals surface area contributed by atoms with Gasteiger partial charge >= 0.3 is 0 Å². The second-order valence-corrected chi connectivity index (χ2v) is 7.74. The molecule has 1 aliphatic rings. The van der Waals surface area contributed by atoms with Gasteiger partial charge in [-0.05, 0) is 35.9 Å². The first kappa shape index (κ1) is 18.8. The van der Waals surface area contributed by atoms with E-state index < -0.39 is 16.1 Å². The van der Waals surface area contributed by atoms with Gasteiger partial charge < -0.3 is 19.3 Å². The van der Waals surface area contributed by atoms with E-state index in [0.29, 0.717) is 36.0 Å². The standard InChI is InChI=1S/C17H18ClNO6S/c1-23-15-5-3-12(9-13(15)18)26(21,22)19-10-14(20)11-2-4-16-17(8-11)25-7-6-24-16/h2-5,8-9,14,19-20H,6-7,10H2,1H3. The summed E-state index contributed by atoms with van der Waals surface area (Å²) in [6, 6.07) is 9.12. The molecule has 7 nitrogen and oxygen atoms in total. The molecule has 0 saturated carbocycles. The topological polar surface area (TPSA) is 94.1 Å². The van der Waals surface area contributed by atoms with Crippen LogP contribution in [0.1, 0.15) is 11.7 Å². The SMILES string of the molecule is COc1ccc(S(=O)(=O)NCC(O)c2ccc3c(c2)OCCO3)cc1Cl. The minimum Gasteiger partial charge on any atom is -0.495 e. The van der Waals surface area contributed by atoms with Crippen molar-refractivity contribution in [3.63, 3.8) is 0 Å². The molecule has 2 aromatic carbocycles. The highest BCUT2D eigenvalue weighted by atomic mass is 35.5. The Morgan fingerprint density at radius 2 is 1.92 bits per heavy atom. The third-order valence-corrected chi connectivity index (χ3v) is 5.57. The van der Waals surface area contributed by atoms with E-state index in [1.165, 1.54) is 25.3 Å². The van der Waals surface area contributed by atoms with E-state index in [9.17, 15) is 13.5 Å². The van der Waals surface area contributed by atoms with Crippen molar-refractivity contribution in [2.45, 2.75) is 11.0 Å². The van der Waals surface area contributed by atoms with E-state index in [-0.39, 0.29) is 16.5 Å². The third-order valence-electron chi connectivity index (χ3n) is 3.85. The lowest BCUT2D eigenvalue weighted by Gasteiger charge is -2.20. The largest absolute Gasteiger partial charge is 0.495 e. The highest BCUT2D eigenvalue weighted by Gasteiger charge is 2.20. The molecule has 0 aromatic heterocycles. The maximum Gasteiger partial charge on any atom is 0.240 e. The van der Waals surface area contributed by atoms with Crippen LogP contribution >= 0.6 is 11.6 Å². The summed E-state index contributed by atoms with van der Waals surface area (Å²) in [4.78, 5) is -0.0160. The van der Waals surface area contributed by atoms with Gasteiger partial charge in [-0.2, -0.15) is 0 Å². The number of rotatable bonds is 6. The molecule has 0 amide bonds. The summed E-state index contributed by atoms with van der Waals surface area (Å²) in [7, 11) is -2.39. The molecule has 0 aliphatic carbocycles. The average Bonchev–Trinajstić information content (AvgIpc) is 2.65. The minimum atomic E-state index is -3.83. The lowest BCUT2D eigenvalue weighted by atomic mass is 10.1. The van der Waals surface area contributed by atoms with E-state index in [1.54, 1.807) is 18.2 Å². The summed E-state index contributed by atoms with van der Waals surface area (Å²) in [5.74, 6) is 1.50. The molecule has 0 fully saturated rings. The fourth-order valence-corrected chi connectivity index (χ4v) is 3.86. The van der Waals surface area contributed by atoms with Gasteiger partial charge in [-0.15, -0.1) is 0 Å². The van der Waals surface area contributed by atoms with Gasteiger partial charge in [-0.1, -0.05) is 17.7 Å². The molecule has 1 unspecified atom stereocenters. The normalized spacial score (nSPS) is 14.7. The predicted octanol–water partition coefficient (Wildman–Crippen LogP) is 2.13. The number of nitrogens with one attached hydrogen (secondary N) is 1. The smallest absolute Gasteiger partial charge is 0.240 e. The van der Waals surface area contributed by atoms with E-state index in [1.807, 2.05) is 0 Å². The van der Waals surface area contributed by atoms with Crippen LogP contribution in [0.4, 0.5) is 0 Å². The molecule has 0 radical (unpaired) electrons. The first-order valence-electron chi connectivity index (χ1n) is 7.81. The van der Waals surface area contributed by atoms with Crippen molar-refractivity contribution in [3.05, 3.63) is 47.0 Å². The van der Waals surface area contributed by atoms with Gasteiger partial charge in [0.15, 0.2) is 11.5 Å². The second-order valence-electron chi connectivity index (χ2n) is 5.57. The van der Waals surface area contributed by atoms with Gasteiger partial charge in [-0.25, -0.2) is 13.1 Å². The zero-order valence-electron chi connectivity index (χ0n) is 13.9. The molecule has 0 spiro atoms. The molecule has 0 saturated heterocycles. The van der Waals surface area contributed by atoms with E-state index >= 15 is 0 Å². The Hall–Kier alpha value is -2.00. The molecule has 26 heavy (non-hydrogen) atoms. The molecule has 3 rings (SSSR count). The fourth-order valence-electron chi connectivity index (χ4n) is 2.47. The van der Waals surface area contributed by atoms with Crippen LogP contribution in [0.2, 0.25) is 5.02 Å². The molecular weight excluding hydrogens is 382 g/mol. The first-order valence-corrected chi connectivity index (χ1v) is 9.67. The summed E-state index contributed by atoms with van der Waals surface area (Å²) >= 11 is 5.97. The Kier molecular flexibility index (Phi) is 5.57. The van der Waals surface area contributed by atoms with Gasteiger partial charge in [0.05, 0.1) is 23.1 Å². The van der Waals surface area contributed by atoms with Gasteiger partial charge in [0.2, 0.25) is 10.0 Å². The zero-order chi connectivity index (χ0) is 18.7. The van der Waals surface area contributed by atoms with Crippen LogP contribution in [-0.4, -0.2) is 40.4 Å². The van der Waals surface area contributed by atoms with E-state index in [4.69, 9.17) is 25.8 Å². The molecule has 1 aliphatic heterocycles. The van der Waals surface area contributed by atoms with Crippen LogP contribution in [0.5, 0.6) is 17.2 Å². The van der Waals surface area contributed by atoms with E-state index in [0.717, 1.165) is 0 Å². The zero-order valence-corrected chi connectivity index (χ0v) is 15.5. The number of sulfonamides is 1. The number of methoxy groups -OCH3 is 1. The van der Waals surface area contributed by atoms with Gasteiger partial charge in [-0.3, -0.25) is 0 Å². The van der Waals surface area contributed by atoms with Crippen LogP contribution in [0, 0.1) is 0 Å². The number of benzene rings is 2. The Balaban J connectivity index is 1.70. The summed E-state index contributed by atoms with van der Waals surface area (Å²) in [5, 5.41) is 10.5. The Bertz CT molecular complexity index is 902. The highest BCUT2D eigenvalue weighted by molar-refractivity contribution is 7.89. The van der Waals surface area contributed by atoms with Crippen molar-refractivity contribution in [3.8, 4) is 17.2 Å². The van der Waals surface area contributed by atoms with Gasteiger partial charge in [0.25, 0.3) is 0 Å². The van der Waals surface area contributed by atoms with Crippen molar-refractivity contribution in [1.82, 2.24) is 4.72 Å². The molecule has 0 bridgehead atoms. The molecular formula is C17H18ClNO6S. The average molecular weight is 400 g/mol. The van der Waals surface area contributed by atoms with Crippen LogP contribution in [-0.2, 0) is 10.0 Å². The highest BCUT2D eigenvalue weighted by Crippen LogP contribution is 2.32. The molecule has 140 valence electrons. The van der Waals surface area contributed by atoms with Crippen molar-refractivity contribution in [1.29, 1.82) is 0 Å². The number of aliphatic hydroxyl groups excluding tert-OH is 1. The number of aliphatic hydroxyl groups is 1. The number of hydrogen-bond donors (Lipinski definition) is 2. The van der Waals surface area contributed by atoms with Crippen molar-refractivity contribution < 1.29 is 27.7 Å². The molecule has 2 aromatic rings. The summed E-state index contributed by atoms with van der Waals surface area (Å²) in [6.45, 7) is 0.697. The van der Waals surface area contributed by atoms with Crippen LogP contribution < -0.4 is 18.9 Å². The van der Waals surface area contributed by atoms with E-state index in [2.05, 4.69) is 4.72 Å². The quantitative estimate of drug-likeness (QED) is 0.772. The minimum absolute atomic E-state index is 0.0160. The molecule has 1 atom stereocenters. The third kappa shape index (κ3) is 4.04. The lowest BCUT2D eigenvalue weighted by molar-refractivity contribution is 0.165. The summed E-state index contributed by atoms with van der Waals surface area (Å²) in [6.07, 6.45) is -1.05. The van der Waals surface area contributed by atoms with Crippen molar-refractivity contribution in [2.75, 3.05) is 26.9 Å². The first-order chi connectivity index (χ1) is 12.4. The number of halogens is 1. The monoisotopic (exact) mass is 399 g/mol. The van der Waals surface area contributed by atoms with Gasteiger partial charge in [0.1, 0.15) is 19.0 Å². The fraction of sp³-hybridized carbons (Fsp3) is 0.294. The van der Waals surface area contributed by atoms with Crippen molar-refractivity contribution in [2.24, 2.45) is 0 Å². The summed E-state index contributed by atoms with van der Waals surface area (Å²) in [5.41, 5.74) is 0.518. The predicted molar refractivity (Wildman–Crippen MR) is 95.6 cm³/mol. The molecule has 9 heteroatoms. The van der Waals surface area contributed by atoms with Crippen LogP contribution in [0.25, 0.3) is 0 Å². The maximum atomic E-state index is 12.4. The number of hydrogen-bond acceptors (Lipinski definition) is 6. The Morgan fingerprint density at radius 1 is 1.19 bits per heavy atom. The summed E-state index contributed by atoms with van der Waals surface area (Å²) < 4.78 is 43.0. The Morgan fingerprint density at radius 3 is 2.62 bits per heavy atom. The lowest BCUT2D eigenvalue weighted by Crippen LogP contribution is -2.28. The number of ether oxygens (including phenoxy) is 3. The second kappa shape index (κ2) is 7.71. The van der Waals surface area contributed by atoms with Crippen molar-refractivity contribution >= 4 is 21.6 Å². The van der Waals surface area contributed by atoms with Crippen LogP contribution in [0.3, 0.4) is 0 Å². The van der Waals surface area contributed by atoms with Crippen LogP contribution in [0.15, 0.2) is 41.3 Å². The van der Waals surface area contributed by atoms with Gasteiger partial charge in [0, 0.05) is 6.54 Å².